The first-order valence-corrected chi connectivity index (χ1v) is 13.1. The number of benzene rings is 3. The summed E-state index contributed by atoms with van der Waals surface area (Å²) in [7, 11) is 1.81. The van der Waals surface area contributed by atoms with Gasteiger partial charge in [-0.05, 0) is 53.1 Å². The smallest absolute Gasteiger partial charge is 0.275 e. The standard InChI is InChI=1S/C33H28N4O2/c1-21-8-12-27(13-9-21)37-31(26-16-34-36(17-26)28-19-39-20-28)15-29-30(18-35(3)33(38)32(29)37)22(2)24-11-10-23-6-4-5-7-25(23)14-24/h4-18,28H,2,19-20H2,1,3H3. The molecular weight excluding hydrogens is 484 g/mol. The first-order valence-electron chi connectivity index (χ1n) is 13.1. The van der Waals surface area contributed by atoms with Crippen molar-refractivity contribution < 1.29 is 4.74 Å². The molecule has 1 aliphatic rings. The molecule has 0 atom stereocenters. The van der Waals surface area contributed by atoms with E-state index in [0.717, 1.165) is 50.0 Å². The van der Waals surface area contributed by atoms with Crippen LogP contribution in [0.25, 0.3) is 44.2 Å². The Hall–Kier alpha value is -4.68. The third-order valence-electron chi connectivity index (χ3n) is 7.74. The minimum Gasteiger partial charge on any atom is -0.377 e. The molecule has 0 aliphatic carbocycles. The van der Waals surface area contributed by atoms with Gasteiger partial charge in [0, 0.05) is 41.6 Å². The fraction of sp³-hybridized carbons (Fsp3) is 0.152. The van der Waals surface area contributed by atoms with Crippen LogP contribution in [0.5, 0.6) is 0 Å². The number of rotatable bonds is 5. The lowest BCUT2D eigenvalue weighted by molar-refractivity contribution is -0.0286. The Balaban J connectivity index is 1.48. The van der Waals surface area contributed by atoms with Gasteiger partial charge in [0.05, 0.1) is 31.1 Å². The molecule has 6 aromatic rings. The molecule has 6 heteroatoms. The molecule has 0 N–H and O–H groups in total. The van der Waals surface area contributed by atoms with Gasteiger partial charge in [-0.2, -0.15) is 5.10 Å². The molecule has 0 bridgehead atoms. The molecule has 1 saturated heterocycles. The number of aromatic nitrogens is 4. The van der Waals surface area contributed by atoms with Crippen LogP contribution in [-0.4, -0.2) is 32.1 Å². The lowest BCUT2D eigenvalue weighted by atomic mass is 9.96. The molecule has 39 heavy (non-hydrogen) atoms. The number of aryl methyl sites for hydroxylation is 2. The van der Waals surface area contributed by atoms with Gasteiger partial charge < -0.3 is 13.9 Å². The lowest BCUT2D eigenvalue weighted by Crippen LogP contribution is -2.30. The first-order chi connectivity index (χ1) is 19.0. The molecule has 0 spiro atoms. The monoisotopic (exact) mass is 512 g/mol. The summed E-state index contributed by atoms with van der Waals surface area (Å²) >= 11 is 0. The zero-order valence-electron chi connectivity index (χ0n) is 22.0. The molecule has 7 rings (SSSR count). The largest absolute Gasteiger partial charge is 0.377 e. The van der Waals surface area contributed by atoms with Gasteiger partial charge in [0.2, 0.25) is 0 Å². The fourth-order valence-electron chi connectivity index (χ4n) is 5.41. The van der Waals surface area contributed by atoms with E-state index in [1.165, 1.54) is 5.39 Å². The minimum absolute atomic E-state index is 0.0633. The number of ether oxygens (including phenoxy) is 1. The second kappa shape index (κ2) is 8.96. The zero-order valence-corrected chi connectivity index (χ0v) is 22.0. The van der Waals surface area contributed by atoms with Crippen LogP contribution in [0.15, 0.2) is 103 Å². The maximum absolute atomic E-state index is 13.8. The Labute approximate surface area is 226 Å². The van der Waals surface area contributed by atoms with Gasteiger partial charge in [-0.15, -0.1) is 0 Å². The third-order valence-corrected chi connectivity index (χ3v) is 7.74. The van der Waals surface area contributed by atoms with Crippen LogP contribution in [0.1, 0.15) is 22.7 Å². The van der Waals surface area contributed by atoms with Crippen LogP contribution in [-0.2, 0) is 11.8 Å². The van der Waals surface area contributed by atoms with Gasteiger partial charge in [0.15, 0.2) is 0 Å². The van der Waals surface area contributed by atoms with E-state index < -0.39 is 0 Å². The molecule has 0 unspecified atom stereocenters. The number of hydrogen-bond donors (Lipinski definition) is 0. The van der Waals surface area contributed by atoms with Crippen LogP contribution in [0, 0.1) is 6.92 Å². The summed E-state index contributed by atoms with van der Waals surface area (Å²) in [6.45, 7) is 7.90. The Morgan fingerprint density at radius 3 is 2.49 bits per heavy atom. The molecule has 3 aromatic carbocycles. The number of hydrogen-bond acceptors (Lipinski definition) is 3. The number of fused-ring (bicyclic) bond motifs is 2. The summed E-state index contributed by atoms with van der Waals surface area (Å²) in [6, 6.07) is 25.3. The van der Waals surface area contributed by atoms with Crippen LogP contribution in [0.2, 0.25) is 0 Å². The van der Waals surface area contributed by atoms with Gasteiger partial charge in [-0.25, -0.2) is 0 Å². The Morgan fingerprint density at radius 2 is 1.74 bits per heavy atom. The van der Waals surface area contributed by atoms with E-state index in [1.54, 1.807) is 11.6 Å². The van der Waals surface area contributed by atoms with Crippen molar-refractivity contribution in [2.45, 2.75) is 13.0 Å². The highest BCUT2D eigenvalue weighted by Crippen LogP contribution is 2.36. The van der Waals surface area contributed by atoms with E-state index in [-0.39, 0.29) is 11.6 Å². The Kier molecular flexibility index (Phi) is 5.39. The predicted octanol–water partition coefficient (Wildman–Crippen LogP) is 6.29. The molecule has 1 fully saturated rings. The molecule has 192 valence electrons. The molecule has 0 saturated carbocycles. The van der Waals surface area contributed by atoms with Crippen LogP contribution >= 0.6 is 0 Å². The molecule has 0 amide bonds. The van der Waals surface area contributed by atoms with E-state index in [0.29, 0.717) is 18.7 Å². The Bertz CT molecular complexity index is 1950. The van der Waals surface area contributed by atoms with Gasteiger partial charge in [0.1, 0.15) is 5.52 Å². The maximum Gasteiger partial charge on any atom is 0.275 e. The van der Waals surface area contributed by atoms with Gasteiger partial charge in [-0.3, -0.25) is 9.48 Å². The predicted molar refractivity (Wildman–Crippen MR) is 156 cm³/mol. The van der Waals surface area contributed by atoms with E-state index in [4.69, 9.17) is 4.74 Å². The summed E-state index contributed by atoms with van der Waals surface area (Å²) in [5, 5.41) is 7.83. The van der Waals surface area contributed by atoms with E-state index in [9.17, 15) is 4.79 Å². The molecule has 0 radical (unpaired) electrons. The summed E-state index contributed by atoms with van der Waals surface area (Å²) in [4.78, 5) is 13.8. The SMILES string of the molecule is C=C(c1ccc2ccccc2c1)c1cn(C)c(=O)c2c1cc(-c1cnn(C3COC3)c1)n2-c1ccc(C)cc1. The van der Waals surface area contributed by atoms with Crippen molar-refractivity contribution in [3.8, 4) is 16.9 Å². The molecule has 6 nitrogen and oxygen atoms in total. The van der Waals surface area contributed by atoms with E-state index in [1.807, 2.05) is 35.4 Å². The molecule has 1 aliphatic heterocycles. The van der Waals surface area contributed by atoms with E-state index in [2.05, 4.69) is 83.8 Å². The van der Waals surface area contributed by atoms with Crippen molar-refractivity contribution in [2.24, 2.45) is 7.05 Å². The van der Waals surface area contributed by atoms with Crippen molar-refractivity contribution in [3.05, 3.63) is 125 Å². The highest BCUT2D eigenvalue weighted by molar-refractivity contribution is 6.00. The highest BCUT2D eigenvalue weighted by atomic mass is 16.5. The van der Waals surface area contributed by atoms with Gasteiger partial charge in [0.25, 0.3) is 5.56 Å². The number of pyridine rings is 1. The zero-order chi connectivity index (χ0) is 26.7. The lowest BCUT2D eigenvalue weighted by Gasteiger charge is -2.25. The average molecular weight is 513 g/mol. The van der Waals surface area contributed by atoms with Crippen LogP contribution < -0.4 is 5.56 Å². The normalized spacial score (nSPS) is 13.7. The third kappa shape index (κ3) is 3.83. The van der Waals surface area contributed by atoms with Crippen LogP contribution in [0.3, 0.4) is 0 Å². The Morgan fingerprint density at radius 1 is 0.974 bits per heavy atom. The average Bonchev–Trinajstić information content (AvgIpc) is 3.55. The molecule has 4 heterocycles. The number of nitrogens with zero attached hydrogens (tertiary/aromatic N) is 4. The van der Waals surface area contributed by atoms with Crippen LogP contribution in [0.4, 0.5) is 0 Å². The fourth-order valence-corrected chi connectivity index (χ4v) is 5.41. The van der Waals surface area contributed by atoms with Crippen molar-refractivity contribution in [1.82, 2.24) is 18.9 Å². The van der Waals surface area contributed by atoms with Crippen molar-refractivity contribution in [1.29, 1.82) is 0 Å². The summed E-state index contributed by atoms with van der Waals surface area (Å²) in [5.41, 5.74) is 7.33. The maximum atomic E-state index is 13.8. The minimum atomic E-state index is -0.0633. The topological polar surface area (TPSA) is 54.0 Å². The molecule has 3 aromatic heterocycles. The summed E-state index contributed by atoms with van der Waals surface area (Å²) in [5.74, 6) is 0. The van der Waals surface area contributed by atoms with Gasteiger partial charge >= 0.3 is 0 Å². The second-order valence-electron chi connectivity index (χ2n) is 10.4. The second-order valence-corrected chi connectivity index (χ2v) is 10.4. The van der Waals surface area contributed by atoms with Crippen molar-refractivity contribution in [3.63, 3.8) is 0 Å². The van der Waals surface area contributed by atoms with Gasteiger partial charge in [-0.1, -0.05) is 60.7 Å². The summed E-state index contributed by atoms with van der Waals surface area (Å²) in [6.07, 6.45) is 5.83. The van der Waals surface area contributed by atoms with Crippen molar-refractivity contribution >= 4 is 27.2 Å². The molecular formula is C33H28N4O2. The van der Waals surface area contributed by atoms with E-state index >= 15 is 0 Å². The first kappa shape index (κ1) is 23.4. The summed E-state index contributed by atoms with van der Waals surface area (Å²) < 4.78 is 11.1. The van der Waals surface area contributed by atoms with Crippen molar-refractivity contribution in [2.75, 3.05) is 13.2 Å². The highest BCUT2D eigenvalue weighted by Gasteiger charge is 2.24. The quantitative estimate of drug-likeness (QED) is 0.273.